The summed E-state index contributed by atoms with van der Waals surface area (Å²) in [6.07, 6.45) is 1.36. The van der Waals surface area contributed by atoms with Crippen LogP contribution in [-0.2, 0) is 9.53 Å². The molecule has 0 N–H and O–H groups in total. The lowest BCUT2D eigenvalue weighted by molar-refractivity contribution is -0.140. The molecule has 0 saturated carbocycles. The van der Waals surface area contributed by atoms with E-state index in [-0.39, 0.29) is 5.97 Å². The van der Waals surface area contributed by atoms with Crippen molar-refractivity contribution in [3.8, 4) is 0 Å². The maximum absolute atomic E-state index is 11.1. The van der Waals surface area contributed by atoms with E-state index >= 15 is 0 Å². The lowest BCUT2D eigenvalue weighted by Gasteiger charge is -2.19. The van der Waals surface area contributed by atoms with Crippen molar-refractivity contribution in [3.63, 3.8) is 0 Å². The number of para-hydroxylation sites is 1. The molecule has 0 aromatic heterocycles. The number of benzene rings is 1. The van der Waals surface area contributed by atoms with E-state index in [1.807, 2.05) is 0 Å². The molecule has 0 aliphatic carbocycles. The van der Waals surface area contributed by atoms with Gasteiger partial charge in [0.2, 0.25) is 0 Å². The molecule has 0 amide bonds. The Labute approximate surface area is 102 Å². The third kappa shape index (κ3) is 2.60. The average Bonchev–Trinajstić information content (AvgIpc) is 2.67. The number of hydrogen-bond acceptors (Lipinski definition) is 3. The number of carbonyl (C=O) groups excluding carboxylic acids is 1. The number of nitrogens with zero attached hydrogens (tertiary/aromatic N) is 1. The van der Waals surface area contributed by atoms with Crippen LogP contribution in [0, 0.1) is 0 Å². The van der Waals surface area contributed by atoms with Crippen molar-refractivity contribution in [2.45, 2.75) is 25.7 Å². The summed E-state index contributed by atoms with van der Waals surface area (Å²) in [7, 11) is 1.44. The minimum Gasteiger partial charge on any atom is -0.469 e. The fourth-order valence-corrected chi connectivity index (χ4v) is 2.45. The highest BCUT2D eigenvalue weighted by Gasteiger charge is 2.24. The van der Waals surface area contributed by atoms with Gasteiger partial charge in [-0.15, -0.1) is 0 Å². The molecular formula is C14H19NO2. The van der Waals surface area contributed by atoms with Crippen molar-refractivity contribution in [2.24, 2.45) is 0 Å². The Bertz CT molecular complexity index is 403. The first kappa shape index (κ1) is 12.0. The van der Waals surface area contributed by atoms with E-state index < -0.39 is 0 Å². The number of anilines is 1. The first-order valence-corrected chi connectivity index (χ1v) is 6.13. The van der Waals surface area contributed by atoms with Gasteiger partial charge in [-0.2, -0.15) is 0 Å². The molecule has 2 rings (SSSR count). The van der Waals surface area contributed by atoms with E-state index in [4.69, 9.17) is 0 Å². The zero-order valence-electron chi connectivity index (χ0n) is 10.5. The SMILES string of the molecule is COC(=O)CCCN1CC(C)c2ccccc21. The van der Waals surface area contributed by atoms with E-state index in [1.165, 1.54) is 18.4 Å². The summed E-state index contributed by atoms with van der Waals surface area (Å²) in [4.78, 5) is 13.4. The zero-order valence-corrected chi connectivity index (χ0v) is 10.5. The van der Waals surface area contributed by atoms with Crippen molar-refractivity contribution in [1.29, 1.82) is 0 Å². The smallest absolute Gasteiger partial charge is 0.305 e. The van der Waals surface area contributed by atoms with Gasteiger partial charge in [-0.3, -0.25) is 4.79 Å². The van der Waals surface area contributed by atoms with E-state index in [1.54, 1.807) is 0 Å². The summed E-state index contributed by atoms with van der Waals surface area (Å²) in [5, 5.41) is 0. The van der Waals surface area contributed by atoms with Crippen molar-refractivity contribution in [2.75, 3.05) is 25.1 Å². The summed E-state index contributed by atoms with van der Waals surface area (Å²) >= 11 is 0. The van der Waals surface area contributed by atoms with Gasteiger partial charge in [-0.25, -0.2) is 0 Å². The fraction of sp³-hybridized carbons (Fsp3) is 0.500. The lowest BCUT2D eigenvalue weighted by Crippen LogP contribution is -2.23. The van der Waals surface area contributed by atoms with Gasteiger partial charge in [-0.05, 0) is 18.1 Å². The Morgan fingerprint density at radius 3 is 3.00 bits per heavy atom. The van der Waals surface area contributed by atoms with Crippen LogP contribution in [-0.4, -0.2) is 26.2 Å². The van der Waals surface area contributed by atoms with E-state index in [0.717, 1.165) is 19.5 Å². The van der Waals surface area contributed by atoms with Gasteiger partial charge in [-0.1, -0.05) is 25.1 Å². The maximum atomic E-state index is 11.1. The minimum atomic E-state index is -0.120. The van der Waals surface area contributed by atoms with E-state index in [2.05, 4.69) is 40.8 Å². The second kappa shape index (κ2) is 5.21. The van der Waals surface area contributed by atoms with Crippen molar-refractivity contribution < 1.29 is 9.53 Å². The lowest BCUT2D eigenvalue weighted by atomic mass is 10.0. The number of carbonyl (C=O) groups is 1. The maximum Gasteiger partial charge on any atom is 0.305 e. The van der Waals surface area contributed by atoms with Crippen LogP contribution in [0.15, 0.2) is 24.3 Å². The number of ether oxygens (including phenoxy) is 1. The monoisotopic (exact) mass is 233 g/mol. The summed E-state index contributed by atoms with van der Waals surface area (Å²) < 4.78 is 4.65. The molecule has 1 unspecified atom stereocenters. The average molecular weight is 233 g/mol. The quantitative estimate of drug-likeness (QED) is 0.748. The number of rotatable bonds is 4. The molecule has 1 aromatic carbocycles. The number of methoxy groups -OCH3 is 1. The molecular weight excluding hydrogens is 214 g/mol. The van der Waals surface area contributed by atoms with Crippen LogP contribution in [0.2, 0.25) is 0 Å². The second-order valence-corrected chi connectivity index (χ2v) is 4.59. The summed E-state index contributed by atoms with van der Waals surface area (Å²) in [5.41, 5.74) is 2.75. The molecule has 1 aromatic rings. The summed E-state index contributed by atoms with van der Waals surface area (Å²) in [5.74, 6) is 0.467. The molecule has 1 aliphatic heterocycles. The van der Waals surface area contributed by atoms with Crippen LogP contribution < -0.4 is 4.90 Å². The largest absolute Gasteiger partial charge is 0.469 e. The molecule has 3 heteroatoms. The first-order chi connectivity index (χ1) is 8.22. The molecule has 0 radical (unpaired) electrons. The van der Waals surface area contributed by atoms with E-state index in [9.17, 15) is 4.79 Å². The molecule has 0 saturated heterocycles. The van der Waals surface area contributed by atoms with Crippen LogP contribution >= 0.6 is 0 Å². The predicted molar refractivity (Wildman–Crippen MR) is 68.3 cm³/mol. The highest BCUT2D eigenvalue weighted by Crippen LogP contribution is 2.35. The fourth-order valence-electron chi connectivity index (χ4n) is 2.45. The molecule has 17 heavy (non-hydrogen) atoms. The number of esters is 1. The van der Waals surface area contributed by atoms with Gasteiger partial charge in [0.15, 0.2) is 0 Å². The molecule has 0 spiro atoms. The van der Waals surface area contributed by atoms with Crippen LogP contribution in [0.25, 0.3) is 0 Å². The van der Waals surface area contributed by atoms with E-state index in [0.29, 0.717) is 12.3 Å². The van der Waals surface area contributed by atoms with Gasteiger partial charge in [0.25, 0.3) is 0 Å². The van der Waals surface area contributed by atoms with Crippen molar-refractivity contribution in [1.82, 2.24) is 0 Å². The van der Waals surface area contributed by atoms with Gasteiger partial charge < -0.3 is 9.64 Å². The Morgan fingerprint density at radius 1 is 1.47 bits per heavy atom. The Morgan fingerprint density at radius 2 is 2.24 bits per heavy atom. The highest BCUT2D eigenvalue weighted by molar-refractivity contribution is 5.69. The minimum absolute atomic E-state index is 0.120. The standard InChI is InChI=1S/C14H19NO2/c1-11-10-15(9-5-8-14(16)17-2)13-7-4-3-6-12(11)13/h3-4,6-7,11H,5,8-10H2,1-2H3. The molecule has 0 bridgehead atoms. The molecule has 1 atom stereocenters. The molecule has 1 heterocycles. The number of fused-ring (bicyclic) bond motifs is 1. The van der Waals surface area contributed by atoms with Gasteiger partial charge in [0.05, 0.1) is 7.11 Å². The Hall–Kier alpha value is -1.51. The summed E-state index contributed by atoms with van der Waals surface area (Å²) in [6.45, 7) is 4.23. The Balaban J connectivity index is 1.94. The van der Waals surface area contributed by atoms with Crippen molar-refractivity contribution in [3.05, 3.63) is 29.8 Å². The molecule has 3 nitrogen and oxygen atoms in total. The third-order valence-electron chi connectivity index (χ3n) is 3.34. The first-order valence-electron chi connectivity index (χ1n) is 6.13. The zero-order chi connectivity index (χ0) is 12.3. The topological polar surface area (TPSA) is 29.5 Å². The summed E-state index contributed by atoms with van der Waals surface area (Å²) in [6, 6.07) is 8.52. The predicted octanol–water partition coefficient (Wildman–Crippen LogP) is 2.56. The van der Waals surface area contributed by atoms with Crippen LogP contribution in [0.4, 0.5) is 5.69 Å². The van der Waals surface area contributed by atoms with Crippen LogP contribution in [0.5, 0.6) is 0 Å². The van der Waals surface area contributed by atoms with Crippen LogP contribution in [0.1, 0.15) is 31.2 Å². The second-order valence-electron chi connectivity index (χ2n) is 4.59. The molecule has 92 valence electrons. The van der Waals surface area contributed by atoms with Gasteiger partial charge in [0, 0.05) is 31.1 Å². The van der Waals surface area contributed by atoms with Crippen molar-refractivity contribution >= 4 is 11.7 Å². The van der Waals surface area contributed by atoms with Crippen LogP contribution in [0.3, 0.4) is 0 Å². The third-order valence-corrected chi connectivity index (χ3v) is 3.34. The van der Waals surface area contributed by atoms with Gasteiger partial charge in [0.1, 0.15) is 0 Å². The number of hydrogen-bond donors (Lipinski definition) is 0. The normalized spacial score (nSPS) is 18.0. The molecule has 0 fully saturated rings. The van der Waals surface area contributed by atoms with Gasteiger partial charge >= 0.3 is 5.97 Å². The molecule has 1 aliphatic rings. The highest BCUT2D eigenvalue weighted by atomic mass is 16.5. The Kier molecular flexibility index (Phi) is 3.67.